The largest absolute Gasteiger partial charge is 0.467 e. The van der Waals surface area contributed by atoms with E-state index >= 15 is 0 Å². The van der Waals surface area contributed by atoms with Gasteiger partial charge in [-0.25, -0.2) is 4.79 Å². The molecule has 0 saturated carbocycles. The third-order valence-electron chi connectivity index (χ3n) is 4.45. The normalized spacial score (nSPS) is 10.7. The summed E-state index contributed by atoms with van der Waals surface area (Å²) in [6.07, 6.45) is 5.01. The maximum absolute atomic E-state index is 12.5. The molecular weight excluding hydrogens is 430 g/mol. The zero-order valence-electron chi connectivity index (χ0n) is 17.1. The number of hydrogen-bond donors (Lipinski definition) is 1. The topological polar surface area (TPSA) is 112 Å². The van der Waals surface area contributed by atoms with E-state index in [1.165, 1.54) is 18.9 Å². The number of nitrogens with zero attached hydrogens (tertiary/aromatic N) is 4. The fraction of sp³-hybridized carbons (Fsp3) is 0.136. The Bertz CT molecular complexity index is 1190. The van der Waals surface area contributed by atoms with Crippen LogP contribution in [0, 0.1) is 0 Å². The lowest BCUT2D eigenvalue weighted by Crippen LogP contribution is -2.15. The first-order chi connectivity index (χ1) is 15.6. The van der Waals surface area contributed by atoms with E-state index in [9.17, 15) is 9.59 Å². The van der Waals surface area contributed by atoms with E-state index in [1.807, 2.05) is 28.8 Å². The molecule has 3 heterocycles. The number of benzene rings is 1. The molecule has 0 bridgehead atoms. The van der Waals surface area contributed by atoms with E-state index in [0.29, 0.717) is 28.8 Å². The van der Waals surface area contributed by atoms with Gasteiger partial charge in [0.1, 0.15) is 5.76 Å². The number of rotatable bonds is 8. The second-order valence-electron chi connectivity index (χ2n) is 6.62. The summed E-state index contributed by atoms with van der Waals surface area (Å²) in [7, 11) is 1.32. The second-order valence-corrected chi connectivity index (χ2v) is 7.56. The Labute approximate surface area is 187 Å². The number of ether oxygens (including phenoxy) is 1. The van der Waals surface area contributed by atoms with E-state index in [-0.39, 0.29) is 11.7 Å². The zero-order valence-corrected chi connectivity index (χ0v) is 17.9. The van der Waals surface area contributed by atoms with Crippen LogP contribution in [0.3, 0.4) is 0 Å². The van der Waals surface area contributed by atoms with Crippen LogP contribution in [0.5, 0.6) is 0 Å². The molecule has 0 aliphatic rings. The van der Waals surface area contributed by atoms with Crippen LogP contribution in [-0.4, -0.2) is 44.5 Å². The summed E-state index contributed by atoms with van der Waals surface area (Å²) >= 11 is 1.26. The third-order valence-corrected chi connectivity index (χ3v) is 5.42. The van der Waals surface area contributed by atoms with E-state index in [4.69, 9.17) is 4.42 Å². The summed E-state index contributed by atoms with van der Waals surface area (Å²) < 4.78 is 12.0. The average molecular weight is 449 g/mol. The summed E-state index contributed by atoms with van der Waals surface area (Å²) in [4.78, 5) is 28.1. The predicted molar refractivity (Wildman–Crippen MR) is 118 cm³/mol. The highest BCUT2D eigenvalue weighted by atomic mass is 32.2. The van der Waals surface area contributed by atoms with Crippen LogP contribution >= 0.6 is 11.8 Å². The molecule has 3 aromatic heterocycles. The van der Waals surface area contributed by atoms with Crippen molar-refractivity contribution < 1.29 is 18.7 Å². The highest BCUT2D eigenvalue weighted by Crippen LogP contribution is 2.25. The van der Waals surface area contributed by atoms with Crippen LogP contribution in [0.2, 0.25) is 0 Å². The van der Waals surface area contributed by atoms with Crippen molar-refractivity contribution in [2.24, 2.45) is 0 Å². The molecule has 0 unspecified atom stereocenters. The Morgan fingerprint density at radius 2 is 1.97 bits per heavy atom. The van der Waals surface area contributed by atoms with Crippen LogP contribution in [0.1, 0.15) is 16.1 Å². The lowest BCUT2D eigenvalue weighted by Gasteiger charge is -2.09. The van der Waals surface area contributed by atoms with Gasteiger partial charge >= 0.3 is 5.97 Å². The molecule has 0 radical (unpaired) electrons. The monoisotopic (exact) mass is 449 g/mol. The molecule has 0 atom stereocenters. The Kier molecular flexibility index (Phi) is 6.61. The molecule has 0 fully saturated rings. The van der Waals surface area contributed by atoms with E-state index < -0.39 is 5.97 Å². The molecule has 0 saturated heterocycles. The lowest BCUT2D eigenvalue weighted by atomic mass is 10.2. The van der Waals surface area contributed by atoms with Gasteiger partial charge in [0, 0.05) is 23.6 Å². The average Bonchev–Trinajstić information content (AvgIpc) is 3.49. The van der Waals surface area contributed by atoms with Crippen molar-refractivity contribution in [1.82, 2.24) is 19.7 Å². The summed E-state index contributed by atoms with van der Waals surface area (Å²) in [6, 6.07) is 13.9. The van der Waals surface area contributed by atoms with Gasteiger partial charge in [-0.2, -0.15) is 0 Å². The highest BCUT2D eigenvalue weighted by Gasteiger charge is 2.17. The molecule has 10 heteroatoms. The van der Waals surface area contributed by atoms with Crippen LogP contribution in [0.15, 0.2) is 76.8 Å². The van der Waals surface area contributed by atoms with Crippen molar-refractivity contribution >= 4 is 29.3 Å². The first-order valence-corrected chi connectivity index (χ1v) is 10.6. The van der Waals surface area contributed by atoms with Crippen molar-refractivity contribution in [3.05, 3.63) is 78.5 Å². The number of anilines is 1. The maximum Gasteiger partial charge on any atom is 0.337 e. The number of hydrogen-bond acceptors (Lipinski definition) is 8. The van der Waals surface area contributed by atoms with Crippen molar-refractivity contribution in [2.45, 2.75) is 11.7 Å². The van der Waals surface area contributed by atoms with Gasteiger partial charge in [0.15, 0.2) is 11.0 Å². The van der Waals surface area contributed by atoms with Gasteiger partial charge in [0.25, 0.3) is 0 Å². The quantitative estimate of drug-likeness (QED) is 0.321. The summed E-state index contributed by atoms with van der Waals surface area (Å²) in [5.74, 6) is 0.861. The standard InChI is InChI=1S/C22H19N5O4S/c1-30-21(29)15-6-8-17(9-7-15)24-19(28)14-32-22-26-25-20(16-4-2-10-23-12-16)27(22)13-18-5-3-11-31-18/h2-12H,13-14H2,1H3,(H,24,28). The second kappa shape index (κ2) is 9.92. The van der Waals surface area contributed by atoms with Crippen molar-refractivity contribution in [3.8, 4) is 11.4 Å². The molecule has 32 heavy (non-hydrogen) atoms. The number of carbonyl (C=O) groups is 2. The molecule has 0 aliphatic heterocycles. The van der Waals surface area contributed by atoms with Crippen molar-refractivity contribution in [3.63, 3.8) is 0 Å². The van der Waals surface area contributed by atoms with Gasteiger partial charge < -0.3 is 14.5 Å². The molecule has 0 spiro atoms. The number of furan rings is 1. The number of aromatic nitrogens is 4. The number of nitrogens with one attached hydrogen (secondary N) is 1. The molecule has 4 rings (SSSR count). The summed E-state index contributed by atoms with van der Waals surface area (Å²) in [5, 5.41) is 11.9. The molecule has 162 valence electrons. The number of methoxy groups -OCH3 is 1. The number of esters is 1. The molecule has 1 aromatic carbocycles. The minimum atomic E-state index is -0.432. The van der Waals surface area contributed by atoms with Gasteiger partial charge in [-0.15, -0.1) is 10.2 Å². The van der Waals surface area contributed by atoms with Gasteiger partial charge in [0.05, 0.1) is 31.2 Å². The van der Waals surface area contributed by atoms with E-state index in [2.05, 4.69) is 25.2 Å². The Balaban J connectivity index is 1.46. The minimum absolute atomic E-state index is 0.127. The number of pyridine rings is 1. The molecule has 1 N–H and O–H groups in total. The smallest absolute Gasteiger partial charge is 0.337 e. The lowest BCUT2D eigenvalue weighted by molar-refractivity contribution is -0.113. The number of amides is 1. The van der Waals surface area contributed by atoms with Gasteiger partial charge in [0.2, 0.25) is 5.91 Å². The number of carbonyl (C=O) groups excluding carboxylic acids is 2. The fourth-order valence-electron chi connectivity index (χ4n) is 2.94. The van der Waals surface area contributed by atoms with Gasteiger partial charge in [-0.1, -0.05) is 11.8 Å². The van der Waals surface area contributed by atoms with Crippen LogP contribution in [0.4, 0.5) is 5.69 Å². The first kappa shape index (κ1) is 21.3. The fourth-order valence-corrected chi connectivity index (χ4v) is 3.68. The number of thioether (sulfide) groups is 1. The maximum atomic E-state index is 12.5. The molecule has 1 amide bonds. The van der Waals surface area contributed by atoms with E-state index in [0.717, 1.165) is 11.3 Å². The van der Waals surface area contributed by atoms with Crippen molar-refractivity contribution in [1.29, 1.82) is 0 Å². The SMILES string of the molecule is COC(=O)c1ccc(NC(=O)CSc2nnc(-c3cccnc3)n2Cc2ccco2)cc1. The van der Waals surface area contributed by atoms with Gasteiger partial charge in [-0.3, -0.25) is 14.3 Å². The van der Waals surface area contributed by atoms with Gasteiger partial charge in [-0.05, 0) is 48.5 Å². The van der Waals surface area contributed by atoms with Crippen LogP contribution in [0.25, 0.3) is 11.4 Å². The summed E-state index contributed by atoms with van der Waals surface area (Å²) in [5.41, 5.74) is 1.80. The minimum Gasteiger partial charge on any atom is -0.467 e. The van der Waals surface area contributed by atoms with E-state index in [1.54, 1.807) is 42.9 Å². The molecular formula is C22H19N5O4S. The highest BCUT2D eigenvalue weighted by molar-refractivity contribution is 7.99. The third kappa shape index (κ3) is 5.03. The summed E-state index contributed by atoms with van der Waals surface area (Å²) in [6.45, 7) is 0.420. The Morgan fingerprint density at radius 1 is 1.12 bits per heavy atom. The molecule has 4 aromatic rings. The Hall–Kier alpha value is -3.92. The van der Waals surface area contributed by atoms with Crippen LogP contribution < -0.4 is 5.32 Å². The Morgan fingerprint density at radius 3 is 2.66 bits per heavy atom. The van der Waals surface area contributed by atoms with Crippen LogP contribution in [-0.2, 0) is 16.1 Å². The first-order valence-electron chi connectivity index (χ1n) is 9.61. The molecule has 9 nitrogen and oxygen atoms in total. The van der Waals surface area contributed by atoms with Crippen molar-refractivity contribution in [2.75, 3.05) is 18.2 Å². The predicted octanol–water partition coefficient (Wildman–Crippen LogP) is 3.50. The zero-order chi connectivity index (χ0) is 22.3. The molecule has 0 aliphatic carbocycles.